The van der Waals surface area contributed by atoms with Crippen LogP contribution in [0.25, 0.3) is 5.57 Å². The van der Waals surface area contributed by atoms with Crippen LogP contribution in [0.3, 0.4) is 0 Å². The normalized spacial score (nSPS) is 16.0. The molecule has 0 saturated heterocycles. The number of rotatable bonds is 4. The molecule has 1 unspecified atom stereocenters. The van der Waals surface area contributed by atoms with Crippen LogP contribution in [0.4, 0.5) is 10.1 Å². The molecular weight excluding hydrogens is 331 g/mol. The van der Waals surface area contributed by atoms with Crippen molar-refractivity contribution in [3.63, 3.8) is 0 Å². The van der Waals surface area contributed by atoms with Gasteiger partial charge < -0.3 is 10.4 Å². The van der Waals surface area contributed by atoms with Gasteiger partial charge in [0, 0.05) is 18.8 Å². The summed E-state index contributed by atoms with van der Waals surface area (Å²) in [6.07, 6.45) is 2.95. The number of carbonyl (C=O) groups excluding carboxylic acids is 1. The molecule has 1 atom stereocenters. The number of phenolic OH excluding ortho intramolecular Hbond substituents is 1. The highest BCUT2D eigenvalue weighted by Crippen LogP contribution is 2.25. The third-order valence-corrected chi connectivity index (χ3v) is 4.85. The van der Waals surface area contributed by atoms with Crippen molar-refractivity contribution in [1.82, 2.24) is 4.90 Å². The minimum Gasteiger partial charge on any atom is -0.508 e. The van der Waals surface area contributed by atoms with E-state index in [9.17, 15) is 14.3 Å². The minimum absolute atomic E-state index is 0.144. The van der Waals surface area contributed by atoms with Gasteiger partial charge in [-0.15, -0.1) is 0 Å². The molecule has 0 saturated carbocycles. The van der Waals surface area contributed by atoms with E-state index in [1.54, 1.807) is 31.2 Å². The first-order chi connectivity index (χ1) is 12.4. The highest BCUT2D eigenvalue weighted by molar-refractivity contribution is 5.94. The van der Waals surface area contributed by atoms with Crippen LogP contribution in [0.5, 0.6) is 5.75 Å². The van der Waals surface area contributed by atoms with Gasteiger partial charge in [0.25, 0.3) is 0 Å². The third-order valence-electron chi connectivity index (χ3n) is 4.85. The lowest BCUT2D eigenvalue weighted by atomic mass is 9.98. The second-order valence-corrected chi connectivity index (χ2v) is 6.65. The highest BCUT2D eigenvalue weighted by atomic mass is 19.1. The Labute approximate surface area is 153 Å². The Balaban J connectivity index is 1.61. The van der Waals surface area contributed by atoms with E-state index in [-0.39, 0.29) is 23.5 Å². The quantitative estimate of drug-likeness (QED) is 0.874. The molecule has 0 aromatic heterocycles. The summed E-state index contributed by atoms with van der Waals surface area (Å²) in [5, 5.41) is 12.2. The number of aryl methyl sites for hydroxylation is 1. The molecule has 2 N–H and O–H groups in total. The summed E-state index contributed by atoms with van der Waals surface area (Å²) in [4.78, 5) is 14.6. The van der Waals surface area contributed by atoms with Crippen molar-refractivity contribution in [1.29, 1.82) is 0 Å². The maximum absolute atomic E-state index is 13.6. The van der Waals surface area contributed by atoms with Crippen LogP contribution < -0.4 is 5.32 Å². The zero-order chi connectivity index (χ0) is 18.7. The topological polar surface area (TPSA) is 52.6 Å². The van der Waals surface area contributed by atoms with Gasteiger partial charge in [-0.25, -0.2) is 4.39 Å². The summed E-state index contributed by atoms with van der Waals surface area (Å²) in [5.74, 6) is -0.214. The molecule has 26 heavy (non-hydrogen) atoms. The Kier molecular flexibility index (Phi) is 5.38. The second kappa shape index (κ2) is 7.70. The van der Waals surface area contributed by atoms with Crippen molar-refractivity contribution in [3.8, 4) is 5.75 Å². The number of anilines is 1. The van der Waals surface area contributed by atoms with Gasteiger partial charge in [-0.3, -0.25) is 9.69 Å². The molecule has 2 aromatic rings. The van der Waals surface area contributed by atoms with E-state index in [1.165, 1.54) is 11.6 Å². The van der Waals surface area contributed by atoms with E-state index in [4.69, 9.17) is 0 Å². The molecule has 2 aromatic carbocycles. The maximum atomic E-state index is 13.6. The van der Waals surface area contributed by atoms with E-state index in [2.05, 4.69) is 16.3 Å². The lowest BCUT2D eigenvalue weighted by Crippen LogP contribution is -2.44. The Bertz CT molecular complexity index is 830. The van der Waals surface area contributed by atoms with Crippen LogP contribution in [0.2, 0.25) is 0 Å². The van der Waals surface area contributed by atoms with Crippen LogP contribution in [0, 0.1) is 12.7 Å². The zero-order valence-corrected chi connectivity index (χ0v) is 15.0. The van der Waals surface area contributed by atoms with E-state index in [1.807, 2.05) is 19.1 Å². The number of nitrogens with one attached hydrogen (secondary N) is 1. The van der Waals surface area contributed by atoms with E-state index in [0.717, 1.165) is 18.5 Å². The second-order valence-electron chi connectivity index (χ2n) is 6.65. The average molecular weight is 354 g/mol. The van der Waals surface area contributed by atoms with Gasteiger partial charge in [0.05, 0.1) is 6.04 Å². The standard InChI is InChI=1S/C21H23FN2O2/c1-14-3-6-18(13-20(14)22)23-21(26)15(2)24-11-9-17(10-12-24)16-4-7-19(25)8-5-16/h3-9,13,15,25H,10-12H2,1-2H3,(H,23,26). The third kappa shape index (κ3) is 4.11. The van der Waals surface area contributed by atoms with Crippen molar-refractivity contribution < 1.29 is 14.3 Å². The molecule has 0 radical (unpaired) electrons. The molecule has 4 nitrogen and oxygen atoms in total. The van der Waals surface area contributed by atoms with Crippen LogP contribution in [-0.4, -0.2) is 35.0 Å². The highest BCUT2D eigenvalue weighted by Gasteiger charge is 2.23. The summed E-state index contributed by atoms with van der Waals surface area (Å²) in [6.45, 7) is 4.99. The average Bonchev–Trinajstić information content (AvgIpc) is 2.65. The van der Waals surface area contributed by atoms with Crippen molar-refractivity contribution in [3.05, 3.63) is 65.5 Å². The molecule has 1 amide bonds. The van der Waals surface area contributed by atoms with E-state index < -0.39 is 0 Å². The van der Waals surface area contributed by atoms with Gasteiger partial charge >= 0.3 is 0 Å². The molecule has 5 heteroatoms. The molecular formula is C21H23FN2O2. The number of benzene rings is 2. The van der Waals surface area contributed by atoms with Crippen molar-refractivity contribution in [2.45, 2.75) is 26.3 Å². The summed E-state index contributed by atoms with van der Waals surface area (Å²) >= 11 is 0. The van der Waals surface area contributed by atoms with Gasteiger partial charge in [0.1, 0.15) is 11.6 Å². The van der Waals surface area contributed by atoms with Gasteiger partial charge in [-0.1, -0.05) is 24.3 Å². The van der Waals surface area contributed by atoms with E-state index in [0.29, 0.717) is 17.8 Å². The number of carbonyl (C=O) groups is 1. The number of hydrogen-bond acceptors (Lipinski definition) is 3. The summed E-state index contributed by atoms with van der Waals surface area (Å²) in [5.41, 5.74) is 3.34. The molecule has 3 rings (SSSR count). The monoisotopic (exact) mass is 354 g/mol. The van der Waals surface area contributed by atoms with E-state index >= 15 is 0 Å². The minimum atomic E-state index is -0.324. The predicted molar refractivity (Wildman–Crippen MR) is 102 cm³/mol. The Hall–Kier alpha value is -2.66. The predicted octanol–water partition coefficient (Wildman–Crippen LogP) is 3.96. The Morgan fingerprint density at radius 3 is 2.58 bits per heavy atom. The van der Waals surface area contributed by atoms with Gasteiger partial charge in [-0.05, 0) is 61.2 Å². The number of hydrogen-bond donors (Lipinski definition) is 2. The van der Waals surface area contributed by atoms with Gasteiger partial charge in [0.15, 0.2) is 0 Å². The lowest BCUT2D eigenvalue weighted by Gasteiger charge is -2.31. The Morgan fingerprint density at radius 2 is 1.96 bits per heavy atom. The number of amides is 1. The van der Waals surface area contributed by atoms with Crippen LogP contribution in [0.15, 0.2) is 48.5 Å². The Morgan fingerprint density at radius 1 is 1.23 bits per heavy atom. The van der Waals surface area contributed by atoms with Gasteiger partial charge in [0.2, 0.25) is 5.91 Å². The van der Waals surface area contributed by atoms with Crippen molar-refractivity contribution >= 4 is 17.2 Å². The molecule has 1 aliphatic heterocycles. The fourth-order valence-electron chi connectivity index (χ4n) is 3.06. The number of nitrogens with zero attached hydrogens (tertiary/aromatic N) is 1. The van der Waals surface area contributed by atoms with Crippen molar-refractivity contribution in [2.24, 2.45) is 0 Å². The summed E-state index contributed by atoms with van der Waals surface area (Å²) in [6, 6.07) is 11.6. The van der Waals surface area contributed by atoms with Crippen LogP contribution >= 0.6 is 0 Å². The molecule has 1 heterocycles. The first-order valence-corrected chi connectivity index (χ1v) is 8.73. The maximum Gasteiger partial charge on any atom is 0.241 e. The molecule has 1 aliphatic rings. The molecule has 0 fully saturated rings. The SMILES string of the molecule is Cc1ccc(NC(=O)C(C)N2CC=C(c3ccc(O)cc3)CC2)cc1F. The summed E-state index contributed by atoms with van der Waals surface area (Å²) in [7, 11) is 0. The van der Waals surface area contributed by atoms with Crippen LogP contribution in [-0.2, 0) is 4.79 Å². The zero-order valence-electron chi connectivity index (χ0n) is 15.0. The van der Waals surface area contributed by atoms with Crippen LogP contribution in [0.1, 0.15) is 24.5 Å². The first kappa shape index (κ1) is 18.1. The van der Waals surface area contributed by atoms with Crippen molar-refractivity contribution in [2.75, 3.05) is 18.4 Å². The number of phenols is 1. The number of halogens is 1. The molecule has 0 bridgehead atoms. The molecule has 0 spiro atoms. The molecule has 136 valence electrons. The fourth-order valence-corrected chi connectivity index (χ4v) is 3.06. The smallest absolute Gasteiger partial charge is 0.241 e. The van der Waals surface area contributed by atoms with Gasteiger partial charge in [-0.2, -0.15) is 0 Å². The summed E-state index contributed by atoms with van der Waals surface area (Å²) < 4.78 is 13.6. The fraction of sp³-hybridized carbons (Fsp3) is 0.286. The molecule has 0 aliphatic carbocycles. The number of aromatic hydroxyl groups is 1. The largest absolute Gasteiger partial charge is 0.508 e. The first-order valence-electron chi connectivity index (χ1n) is 8.73. The lowest BCUT2D eigenvalue weighted by molar-refractivity contribution is -0.120.